The average Bonchev–Trinajstić information content (AvgIpc) is 2.41. The number of hydrogen-bond acceptors (Lipinski definition) is 3. The third-order valence-corrected chi connectivity index (χ3v) is 3.83. The molecule has 0 saturated heterocycles. The lowest BCUT2D eigenvalue weighted by molar-refractivity contribution is -0.381. The molecule has 0 fully saturated rings. The molecule has 0 aliphatic heterocycles. The van der Waals surface area contributed by atoms with Crippen LogP contribution in [-0.4, -0.2) is 54.4 Å². The zero-order chi connectivity index (χ0) is 18.5. The summed E-state index contributed by atoms with van der Waals surface area (Å²) in [5, 5.41) is -5.64. The fourth-order valence-corrected chi connectivity index (χ4v) is 2.17. The average molecular weight is 380 g/mol. The van der Waals surface area contributed by atoms with Crippen molar-refractivity contribution < 1.29 is 39.5 Å². The molecule has 0 aromatic carbocycles. The molecule has 2 nitrogen and oxygen atoms in total. The van der Waals surface area contributed by atoms with Gasteiger partial charge in [-0.05, 0) is 26.1 Å². The summed E-state index contributed by atoms with van der Waals surface area (Å²) in [6, 6.07) is 0. The van der Waals surface area contributed by atoms with Gasteiger partial charge in [-0.25, -0.2) is 0 Å². The van der Waals surface area contributed by atoms with Crippen LogP contribution in [0.1, 0.15) is 20.3 Å². The molecule has 0 spiro atoms. The van der Waals surface area contributed by atoms with E-state index in [-0.39, 0.29) is 13.0 Å². The molecule has 0 aromatic rings. The molecule has 0 heterocycles. The maximum Gasteiger partial charge on any atom is 0.460 e. The SMILES string of the molecule is CCN(CC)CCCNSC(F)(F)C(F)(F)C(F)(F)C(F)(F)F. The van der Waals surface area contributed by atoms with Crippen LogP contribution in [0.3, 0.4) is 0 Å². The highest BCUT2D eigenvalue weighted by molar-refractivity contribution is 7.98. The Morgan fingerprint density at radius 1 is 0.826 bits per heavy atom. The molecule has 0 saturated carbocycles. The summed E-state index contributed by atoms with van der Waals surface area (Å²) in [5.74, 6) is -13.4. The second kappa shape index (κ2) is 8.15. The van der Waals surface area contributed by atoms with Crippen LogP contribution in [0.2, 0.25) is 0 Å². The third kappa shape index (κ3) is 5.31. The van der Waals surface area contributed by atoms with E-state index < -0.39 is 35.2 Å². The van der Waals surface area contributed by atoms with Crippen molar-refractivity contribution >= 4 is 11.9 Å². The predicted molar refractivity (Wildman–Crippen MR) is 68.9 cm³/mol. The van der Waals surface area contributed by atoms with Gasteiger partial charge in [0.05, 0.1) is 0 Å². The summed E-state index contributed by atoms with van der Waals surface area (Å²) in [7, 11) is 0. The van der Waals surface area contributed by atoms with E-state index in [1.165, 1.54) is 0 Å². The van der Waals surface area contributed by atoms with Crippen molar-refractivity contribution in [3.63, 3.8) is 0 Å². The highest BCUT2D eigenvalue weighted by atomic mass is 32.2. The molecule has 140 valence electrons. The Balaban J connectivity index is 4.63. The van der Waals surface area contributed by atoms with Crippen LogP contribution in [-0.2, 0) is 0 Å². The highest BCUT2D eigenvalue weighted by Crippen LogP contribution is 2.55. The van der Waals surface area contributed by atoms with Gasteiger partial charge in [-0.3, -0.25) is 4.72 Å². The molecule has 12 heteroatoms. The monoisotopic (exact) mass is 380 g/mol. The van der Waals surface area contributed by atoms with Crippen molar-refractivity contribution in [1.82, 2.24) is 9.62 Å². The van der Waals surface area contributed by atoms with Crippen molar-refractivity contribution in [2.45, 2.75) is 43.5 Å². The molecular weight excluding hydrogens is 363 g/mol. The standard InChI is InChI=1S/C11H17F9N2S/c1-3-22(4-2)7-5-6-21-23-11(19,20)9(14,15)8(12,13)10(16,17)18/h21H,3-7H2,1-2H3. The van der Waals surface area contributed by atoms with Gasteiger partial charge in [0, 0.05) is 18.5 Å². The van der Waals surface area contributed by atoms with Crippen LogP contribution in [0.15, 0.2) is 0 Å². The first-order chi connectivity index (χ1) is 10.2. The van der Waals surface area contributed by atoms with Crippen LogP contribution in [0.5, 0.6) is 0 Å². The summed E-state index contributed by atoms with van der Waals surface area (Å²) in [6.45, 7) is 5.16. The smallest absolute Gasteiger partial charge is 0.304 e. The van der Waals surface area contributed by atoms with Gasteiger partial charge in [0.25, 0.3) is 0 Å². The van der Waals surface area contributed by atoms with Gasteiger partial charge in [0.2, 0.25) is 0 Å². The molecule has 0 rings (SSSR count). The second-order valence-electron chi connectivity index (χ2n) is 4.54. The van der Waals surface area contributed by atoms with E-state index in [9.17, 15) is 39.5 Å². The van der Waals surface area contributed by atoms with Crippen molar-refractivity contribution in [3.8, 4) is 0 Å². The molecule has 1 N–H and O–H groups in total. The lowest BCUT2D eigenvalue weighted by Gasteiger charge is -2.33. The van der Waals surface area contributed by atoms with Crippen LogP contribution in [0.25, 0.3) is 0 Å². The molecule has 0 aliphatic rings. The Morgan fingerprint density at radius 2 is 1.30 bits per heavy atom. The zero-order valence-electron chi connectivity index (χ0n) is 12.3. The van der Waals surface area contributed by atoms with Crippen molar-refractivity contribution in [1.29, 1.82) is 0 Å². The van der Waals surface area contributed by atoms with E-state index >= 15 is 0 Å². The fourth-order valence-electron chi connectivity index (χ4n) is 1.48. The summed E-state index contributed by atoms with van der Waals surface area (Å²) >= 11 is -1.14. The first-order valence-corrected chi connectivity index (χ1v) is 7.39. The summed E-state index contributed by atoms with van der Waals surface area (Å²) < 4.78 is 115. The Bertz CT molecular complexity index is 356. The molecular formula is C11H17F9N2S. The number of hydrogen-bond donors (Lipinski definition) is 1. The van der Waals surface area contributed by atoms with Gasteiger partial charge in [0.1, 0.15) is 0 Å². The number of nitrogens with one attached hydrogen (secondary N) is 1. The van der Waals surface area contributed by atoms with Crippen molar-refractivity contribution in [2.75, 3.05) is 26.2 Å². The van der Waals surface area contributed by atoms with Gasteiger partial charge in [0.15, 0.2) is 0 Å². The molecule has 0 unspecified atom stereocenters. The predicted octanol–water partition coefficient (Wildman–Crippen LogP) is 4.38. The Morgan fingerprint density at radius 3 is 1.70 bits per heavy atom. The van der Waals surface area contributed by atoms with E-state index in [0.29, 0.717) is 19.6 Å². The lowest BCUT2D eigenvalue weighted by Crippen LogP contribution is -2.60. The van der Waals surface area contributed by atoms with E-state index in [2.05, 4.69) is 0 Å². The number of rotatable bonds is 10. The van der Waals surface area contributed by atoms with Crippen molar-refractivity contribution in [3.05, 3.63) is 0 Å². The Kier molecular flexibility index (Phi) is 8.02. The highest BCUT2D eigenvalue weighted by Gasteiger charge is 2.82. The summed E-state index contributed by atoms with van der Waals surface area (Å²) in [6.07, 6.45) is -6.56. The van der Waals surface area contributed by atoms with Gasteiger partial charge in [-0.1, -0.05) is 13.8 Å². The Hall–Kier alpha value is -0.360. The van der Waals surface area contributed by atoms with Gasteiger partial charge in [-0.2, -0.15) is 39.5 Å². The molecule has 0 amide bonds. The number of halogens is 9. The van der Waals surface area contributed by atoms with Gasteiger partial charge < -0.3 is 4.90 Å². The zero-order valence-corrected chi connectivity index (χ0v) is 13.1. The normalized spacial score (nSPS) is 14.6. The lowest BCUT2D eigenvalue weighted by atomic mass is 10.1. The van der Waals surface area contributed by atoms with E-state index in [4.69, 9.17) is 0 Å². The van der Waals surface area contributed by atoms with Crippen molar-refractivity contribution in [2.24, 2.45) is 0 Å². The van der Waals surface area contributed by atoms with E-state index in [0.717, 1.165) is 0 Å². The fraction of sp³-hybridized carbons (Fsp3) is 1.00. The molecule has 0 aromatic heterocycles. The summed E-state index contributed by atoms with van der Waals surface area (Å²) in [4.78, 5) is 1.89. The number of alkyl halides is 9. The maximum absolute atomic E-state index is 13.1. The molecule has 23 heavy (non-hydrogen) atoms. The maximum atomic E-state index is 13.1. The largest absolute Gasteiger partial charge is 0.460 e. The van der Waals surface area contributed by atoms with E-state index in [1.807, 2.05) is 18.7 Å². The molecule has 0 atom stereocenters. The molecule has 0 aliphatic carbocycles. The minimum absolute atomic E-state index is 0.228. The Labute approximate surface area is 131 Å². The molecule has 0 bridgehead atoms. The molecule has 0 radical (unpaired) electrons. The number of nitrogens with zero attached hydrogens (tertiary/aromatic N) is 1. The van der Waals surface area contributed by atoms with Crippen LogP contribution in [0, 0.1) is 0 Å². The van der Waals surface area contributed by atoms with Crippen LogP contribution < -0.4 is 4.72 Å². The first-order valence-electron chi connectivity index (χ1n) is 6.58. The third-order valence-electron chi connectivity index (χ3n) is 2.96. The second-order valence-corrected chi connectivity index (χ2v) is 5.55. The van der Waals surface area contributed by atoms with E-state index in [1.54, 1.807) is 4.72 Å². The van der Waals surface area contributed by atoms with Gasteiger partial charge in [-0.15, -0.1) is 0 Å². The van der Waals surface area contributed by atoms with Crippen LogP contribution >= 0.6 is 11.9 Å². The minimum atomic E-state index is -6.85. The minimum Gasteiger partial charge on any atom is -0.304 e. The summed E-state index contributed by atoms with van der Waals surface area (Å²) in [5.41, 5.74) is 0. The topological polar surface area (TPSA) is 15.3 Å². The quantitative estimate of drug-likeness (QED) is 0.344. The van der Waals surface area contributed by atoms with Gasteiger partial charge >= 0.3 is 23.3 Å². The first kappa shape index (κ1) is 22.6. The van der Waals surface area contributed by atoms with Crippen LogP contribution in [0.4, 0.5) is 39.5 Å².